The van der Waals surface area contributed by atoms with Crippen molar-refractivity contribution in [3.63, 3.8) is 0 Å². The van der Waals surface area contributed by atoms with Crippen molar-refractivity contribution in [2.24, 2.45) is 0 Å². The van der Waals surface area contributed by atoms with Crippen molar-refractivity contribution in [2.75, 3.05) is 6.61 Å². The lowest BCUT2D eigenvalue weighted by atomic mass is 10.0. The number of ether oxygens (including phenoxy) is 1. The van der Waals surface area contributed by atoms with Gasteiger partial charge in [-0.3, -0.25) is 0 Å². The van der Waals surface area contributed by atoms with Crippen LogP contribution in [0.1, 0.15) is 18.3 Å². The zero-order valence-electron chi connectivity index (χ0n) is 8.89. The van der Waals surface area contributed by atoms with E-state index in [1.807, 2.05) is 0 Å². The van der Waals surface area contributed by atoms with Crippen LogP contribution in [0.4, 0.5) is 0 Å². The van der Waals surface area contributed by atoms with Crippen LogP contribution in [0.2, 0.25) is 0 Å². The summed E-state index contributed by atoms with van der Waals surface area (Å²) in [6.45, 7) is 1.45. The first-order valence-electron chi connectivity index (χ1n) is 5.12. The molecular weight excluding hydrogens is 214 g/mol. The van der Waals surface area contributed by atoms with Gasteiger partial charge in [-0.05, 0) is 6.92 Å². The fourth-order valence-electron chi connectivity index (χ4n) is 1.76. The quantitative estimate of drug-likeness (QED) is 0.576. The number of hydrogen-bond donors (Lipinski definition) is 3. The van der Waals surface area contributed by atoms with Crippen molar-refractivity contribution < 1.29 is 20.1 Å². The molecule has 2 heterocycles. The Labute approximate surface area is 92.3 Å². The van der Waals surface area contributed by atoms with Crippen molar-refractivity contribution in [3.8, 4) is 0 Å². The van der Waals surface area contributed by atoms with E-state index in [1.165, 1.54) is 4.68 Å². The van der Waals surface area contributed by atoms with E-state index < -0.39 is 24.5 Å². The van der Waals surface area contributed by atoms with Crippen LogP contribution in [-0.4, -0.2) is 55.2 Å². The second-order valence-electron chi connectivity index (χ2n) is 3.95. The average Bonchev–Trinajstić information content (AvgIpc) is 2.69. The maximum absolute atomic E-state index is 9.62. The summed E-state index contributed by atoms with van der Waals surface area (Å²) in [5.74, 6) is 0. The molecule has 0 spiro atoms. The lowest BCUT2D eigenvalue weighted by Crippen LogP contribution is -2.48. The Bertz CT molecular complexity index is 356. The maximum atomic E-state index is 9.62. The molecule has 4 unspecified atom stereocenters. The van der Waals surface area contributed by atoms with Crippen LogP contribution in [0.15, 0.2) is 6.20 Å². The van der Waals surface area contributed by atoms with E-state index in [0.717, 1.165) is 5.69 Å². The van der Waals surface area contributed by atoms with Gasteiger partial charge in [0, 0.05) is 6.42 Å². The van der Waals surface area contributed by atoms with Gasteiger partial charge in [-0.25, -0.2) is 4.68 Å². The first kappa shape index (κ1) is 11.5. The van der Waals surface area contributed by atoms with Gasteiger partial charge >= 0.3 is 0 Å². The lowest BCUT2D eigenvalue weighted by Gasteiger charge is -2.35. The number of hydrogen-bond acceptors (Lipinski definition) is 6. The van der Waals surface area contributed by atoms with Gasteiger partial charge in [-0.1, -0.05) is 5.21 Å². The summed E-state index contributed by atoms with van der Waals surface area (Å²) in [5.41, 5.74) is 0.741. The third-order valence-corrected chi connectivity index (χ3v) is 2.65. The van der Waals surface area contributed by atoms with E-state index in [2.05, 4.69) is 10.3 Å². The number of rotatable bonds is 2. The molecule has 0 aliphatic carbocycles. The van der Waals surface area contributed by atoms with Crippen molar-refractivity contribution in [3.05, 3.63) is 11.9 Å². The van der Waals surface area contributed by atoms with E-state index >= 15 is 0 Å². The molecule has 0 aromatic carbocycles. The largest absolute Gasteiger partial charge is 0.394 e. The van der Waals surface area contributed by atoms with Crippen LogP contribution in [0.25, 0.3) is 0 Å². The second-order valence-corrected chi connectivity index (χ2v) is 3.95. The third-order valence-electron chi connectivity index (χ3n) is 2.65. The minimum atomic E-state index is -1.06. The van der Waals surface area contributed by atoms with Gasteiger partial charge in [0.15, 0.2) is 6.23 Å². The predicted molar refractivity (Wildman–Crippen MR) is 52.4 cm³/mol. The molecule has 1 aliphatic rings. The fourth-order valence-corrected chi connectivity index (χ4v) is 1.76. The Morgan fingerprint density at radius 1 is 1.56 bits per heavy atom. The molecule has 1 aliphatic heterocycles. The molecule has 0 amide bonds. The number of nitrogens with zero attached hydrogens (tertiary/aromatic N) is 3. The zero-order valence-corrected chi connectivity index (χ0v) is 8.89. The zero-order chi connectivity index (χ0) is 11.7. The van der Waals surface area contributed by atoms with Gasteiger partial charge in [0.05, 0.1) is 24.6 Å². The van der Waals surface area contributed by atoms with Crippen LogP contribution in [-0.2, 0) is 4.74 Å². The Hall–Kier alpha value is -1.02. The molecule has 7 nitrogen and oxygen atoms in total. The molecule has 1 aromatic heterocycles. The van der Waals surface area contributed by atoms with Crippen molar-refractivity contribution in [2.45, 2.75) is 37.9 Å². The number of aryl methyl sites for hydroxylation is 1. The SMILES string of the molecule is Cc1cn(C2CC(O)C(O)C(CO)O2)nn1. The number of aromatic nitrogens is 3. The van der Waals surface area contributed by atoms with Crippen LogP contribution >= 0.6 is 0 Å². The van der Waals surface area contributed by atoms with Crippen molar-refractivity contribution in [1.82, 2.24) is 15.0 Å². The van der Waals surface area contributed by atoms with Gasteiger partial charge in [0.2, 0.25) is 0 Å². The summed E-state index contributed by atoms with van der Waals surface area (Å²) < 4.78 is 6.90. The van der Waals surface area contributed by atoms with Crippen molar-refractivity contribution >= 4 is 0 Å². The second kappa shape index (κ2) is 4.46. The molecule has 2 rings (SSSR count). The molecule has 16 heavy (non-hydrogen) atoms. The van der Waals surface area contributed by atoms with Gasteiger partial charge in [0.25, 0.3) is 0 Å². The molecule has 7 heteroatoms. The molecule has 1 aromatic rings. The Kier molecular flexibility index (Phi) is 3.20. The van der Waals surface area contributed by atoms with Crippen LogP contribution in [0, 0.1) is 6.92 Å². The lowest BCUT2D eigenvalue weighted by molar-refractivity contribution is -0.204. The summed E-state index contributed by atoms with van der Waals surface area (Å²) in [6, 6.07) is 0. The summed E-state index contributed by atoms with van der Waals surface area (Å²) in [6.07, 6.45) is -1.38. The smallest absolute Gasteiger partial charge is 0.155 e. The highest BCUT2D eigenvalue weighted by Gasteiger charge is 2.37. The molecule has 0 radical (unpaired) electrons. The third kappa shape index (κ3) is 2.07. The number of aliphatic hydroxyl groups excluding tert-OH is 3. The normalized spacial score (nSPS) is 35.2. The van der Waals surface area contributed by atoms with Gasteiger partial charge in [0.1, 0.15) is 12.2 Å². The molecular formula is C9H15N3O4. The molecule has 4 atom stereocenters. The van der Waals surface area contributed by atoms with Gasteiger partial charge in [-0.15, -0.1) is 5.10 Å². The van der Waals surface area contributed by atoms with E-state index in [4.69, 9.17) is 9.84 Å². The highest BCUT2D eigenvalue weighted by Crippen LogP contribution is 2.26. The Morgan fingerprint density at radius 2 is 2.31 bits per heavy atom. The first-order chi connectivity index (χ1) is 7.61. The van der Waals surface area contributed by atoms with Gasteiger partial charge in [-0.2, -0.15) is 0 Å². The maximum Gasteiger partial charge on any atom is 0.155 e. The van der Waals surface area contributed by atoms with Crippen molar-refractivity contribution in [1.29, 1.82) is 0 Å². The highest BCUT2D eigenvalue weighted by molar-refractivity contribution is 4.90. The molecule has 0 bridgehead atoms. The summed E-state index contributed by atoms with van der Waals surface area (Å²) >= 11 is 0. The summed E-state index contributed by atoms with van der Waals surface area (Å²) in [7, 11) is 0. The summed E-state index contributed by atoms with van der Waals surface area (Å²) in [5, 5.41) is 35.8. The molecule has 1 fully saturated rings. The van der Waals surface area contributed by atoms with E-state index in [1.54, 1.807) is 13.1 Å². The molecule has 3 N–H and O–H groups in total. The van der Waals surface area contributed by atoms with Crippen LogP contribution < -0.4 is 0 Å². The number of aliphatic hydroxyl groups is 3. The standard InChI is InChI=1S/C9H15N3O4/c1-5-3-12(11-10-5)8-2-6(14)9(15)7(4-13)16-8/h3,6-9,13-15H,2,4H2,1H3. The minimum absolute atomic E-state index is 0.223. The highest BCUT2D eigenvalue weighted by atomic mass is 16.5. The molecule has 90 valence electrons. The van der Waals surface area contributed by atoms with Crippen LogP contribution in [0.5, 0.6) is 0 Å². The van der Waals surface area contributed by atoms with Gasteiger partial charge < -0.3 is 20.1 Å². The summed E-state index contributed by atoms with van der Waals surface area (Å²) in [4.78, 5) is 0. The molecule has 1 saturated heterocycles. The first-order valence-corrected chi connectivity index (χ1v) is 5.12. The van der Waals surface area contributed by atoms with E-state index in [9.17, 15) is 10.2 Å². The fraction of sp³-hybridized carbons (Fsp3) is 0.778. The minimum Gasteiger partial charge on any atom is -0.394 e. The topological polar surface area (TPSA) is 101 Å². The predicted octanol–water partition coefficient (Wildman–Crippen LogP) is -1.41. The Balaban J connectivity index is 2.12. The van der Waals surface area contributed by atoms with Crippen LogP contribution in [0.3, 0.4) is 0 Å². The monoisotopic (exact) mass is 229 g/mol. The average molecular weight is 229 g/mol. The molecule has 0 saturated carbocycles. The Morgan fingerprint density at radius 3 is 2.88 bits per heavy atom. The van der Waals surface area contributed by atoms with E-state index in [0.29, 0.717) is 0 Å². The van der Waals surface area contributed by atoms with E-state index in [-0.39, 0.29) is 13.0 Å².